The van der Waals surface area contributed by atoms with Gasteiger partial charge in [-0.2, -0.15) is 0 Å². The first kappa shape index (κ1) is 20.7. The number of carbonyl (C=O) groups excluding carboxylic acids is 1. The van der Waals surface area contributed by atoms with Gasteiger partial charge in [-0.3, -0.25) is 9.36 Å². The molecule has 0 aliphatic rings. The number of hydrogen-bond donors (Lipinski definition) is 1. The van der Waals surface area contributed by atoms with Gasteiger partial charge in [0.2, 0.25) is 5.91 Å². The fourth-order valence-corrected chi connectivity index (χ4v) is 3.98. The van der Waals surface area contributed by atoms with E-state index < -0.39 is 0 Å². The van der Waals surface area contributed by atoms with Gasteiger partial charge in [-0.25, -0.2) is 9.97 Å². The van der Waals surface area contributed by atoms with Crippen LogP contribution in [0.25, 0.3) is 11.2 Å². The maximum absolute atomic E-state index is 12.6. The number of amides is 1. The molecule has 0 atom stereocenters. The Balaban J connectivity index is 1.51. The van der Waals surface area contributed by atoms with Crippen molar-refractivity contribution in [2.45, 2.75) is 11.7 Å². The lowest BCUT2D eigenvalue weighted by molar-refractivity contribution is -0.113. The van der Waals surface area contributed by atoms with E-state index in [4.69, 9.17) is 9.47 Å². The minimum Gasteiger partial charge on any atom is -0.497 e. The molecule has 0 saturated heterocycles. The second kappa shape index (κ2) is 9.53. The maximum Gasteiger partial charge on any atom is 0.234 e. The lowest BCUT2D eigenvalue weighted by atomic mass is 10.2. The van der Waals surface area contributed by atoms with Gasteiger partial charge < -0.3 is 14.8 Å². The van der Waals surface area contributed by atoms with Crippen molar-refractivity contribution in [2.24, 2.45) is 0 Å². The number of fused-ring (bicyclic) bond motifs is 1. The van der Waals surface area contributed by atoms with Gasteiger partial charge >= 0.3 is 0 Å². The van der Waals surface area contributed by atoms with E-state index in [9.17, 15) is 4.79 Å². The highest BCUT2D eigenvalue weighted by molar-refractivity contribution is 7.99. The second-order valence-corrected chi connectivity index (χ2v) is 7.66. The zero-order valence-electron chi connectivity index (χ0n) is 17.2. The third-order valence-corrected chi connectivity index (χ3v) is 5.64. The quantitative estimate of drug-likeness (QED) is 0.418. The summed E-state index contributed by atoms with van der Waals surface area (Å²) in [6, 6.07) is 19.2. The normalized spacial score (nSPS) is 10.8. The molecule has 0 saturated carbocycles. The zero-order chi connectivity index (χ0) is 21.6. The van der Waals surface area contributed by atoms with Crippen LogP contribution >= 0.6 is 11.8 Å². The number of nitrogens with one attached hydrogen (secondary N) is 1. The van der Waals surface area contributed by atoms with Gasteiger partial charge in [-0.05, 0) is 29.8 Å². The Morgan fingerprint density at radius 1 is 1.06 bits per heavy atom. The largest absolute Gasteiger partial charge is 0.497 e. The summed E-state index contributed by atoms with van der Waals surface area (Å²) in [6.07, 6.45) is 1.75. The van der Waals surface area contributed by atoms with E-state index in [2.05, 4.69) is 27.4 Å². The molecule has 0 aliphatic heterocycles. The molecule has 1 N–H and O–H groups in total. The number of ether oxygens (including phenoxy) is 2. The third-order valence-electron chi connectivity index (χ3n) is 4.67. The van der Waals surface area contributed by atoms with Gasteiger partial charge in [0.15, 0.2) is 10.8 Å². The number of benzene rings is 2. The van der Waals surface area contributed by atoms with Crippen LogP contribution in [0.3, 0.4) is 0 Å². The number of rotatable bonds is 8. The Kier molecular flexibility index (Phi) is 6.37. The highest BCUT2D eigenvalue weighted by atomic mass is 32.2. The number of nitrogens with zero attached hydrogens (tertiary/aromatic N) is 3. The van der Waals surface area contributed by atoms with Crippen molar-refractivity contribution in [1.82, 2.24) is 14.5 Å². The van der Waals surface area contributed by atoms with Crippen molar-refractivity contribution < 1.29 is 14.3 Å². The van der Waals surface area contributed by atoms with Crippen LogP contribution in [0.1, 0.15) is 5.56 Å². The Hall–Kier alpha value is -3.52. The van der Waals surface area contributed by atoms with E-state index in [1.54, 1.807) is 38.6 Å². The summed E-state index contributed by atoms with van der Waals surface area (Å²) in [6.45, 7) is 0.630. The van der Waals surface area contributed by atoms with Gasteiger partial charge in [0.05, 0.1) is 32.2 Å². The van der Waals surface area contributed by atoms with Crippen molar-refractivity contribution in [1.29, 1.82) is 0 Å². The number of methoxy groups -OCH3 is 2. The van der Waals surface area contributed by atoms with Crippen LogP contribution in [0.2, 0.25) is 0 Å². The van der Waals surface area contributed by atoms with E-state index in [-0.39, 0.29) is 11.7 Å². The van der Waals surface area contributed by atoms with E-state index in [0.29, 0.717) is 23.7 Å². The fraction of sp³-hybridized carbons (Fsp3) is 0.174. The summed E-state index contributed by atoms with van der Waals surface area (Å²) in [7, 11) is 3.14. The summed E-state index contributed by atoms with van der Waals surface area (Å²) in [5.74, 6) is 1.25. The van der Waals surface area contributed by atoms with Crippen molar-refractivity contribution in [3.63, 3.8) is 0 Å². The topological polar surface area (TPSA) is 78.3 Å². The van der Waals surface area contributed by atoms with Gasteiger partial charge in [-0.1, -0.05) is 42.1 Å². The third kappa shape index (κ3) is 4.80. The smallest absolute Gasteiger partial charge is 0.234 e. The molecule has 1 amide bonds. The lowest BCUT2D eigenvalue weighted by Gasteiger charge is -2.12. The minimum atomic E-state index is -0.153. The van der Waals surface area contributed by atoms with E-state index in [1.165, 1.54) is 11.8 Å². The molecule has 4 rings (SSSR count). The molecule has 0 unspecified atom stereocenters. The Morgan fingerprint density at radius 2 is 1.90 bits per heavy atom. The van der Waals surface area contributed by atoms with Crippen molar-refractivity contribution in [3.8, 4) is 11.5 Å². The second-order valence-electron chi connectivity index (χ2n) is 6.72. The molecule has 4 aromatic rings. The number of anilines is 1. The van der Waals surface area contributed by atoms with Gasteiger partial charge in [0, 0.05) is 12.3 Å². The molecule has 2 aromatic heterocycles. The van der Waals surface area contributed by atoms with Crippen molar-refractivity contribution >= 4 is 34.5 Å². The van der Waals surface area contributed by atoms with Crippen molar-refractivity contribution in [3.05, 3.63) is 72.4 Å². The zero-order valence-corrected chi connectivity index (χ0v) is 18.1. The van der Waals surface area contributed by atoms with Crippen LogP contribution in [0.4, 0.5) is 5.69 Å². The monoisotopic (exact) mass is 434 g/mol. The van der Waals surface area contributed by atoms with Crippen LogP contribution in [-0.4, -0.2) is 40.4 Å². The highest BCUT2D eigenvalue weighted by Gasteiger charge is 2.15. The standard InChI is InChI=1S/C23H22N4O3S/c1-29-17-10-11-18(20(13-17)30-2)25-21(28)15-31-23-26-19-9-6-12-24-22(19)27(23)14-16-7-4-3-5-8-16/h3-13H,14-15H2,1-2H3,(H,25,28). The molecular formula is C23H22N4O3S. The summed E-state index contributed by atoms with van der Waals surface area (Å²) in [5.41, 5.74) is 3.33. The SMILES string of the molecule is COc1ccc(NC(=O)CSc2nc3cccnc3n2Cc2ccccc2)c(OC)c1. The predicted molar refractivity (Wildman–Crippen MR) is 122 cm³/mol. The molecule has 31 heavy (non-hydrogen) atoms. The van der Waals surface area contributed by atoms with Gasteiger partial charge in [-0.15, -0.1) is 0 Å². The number of pyridine rings is 1. The first-order valence-corrected chi connectivity index (χ1v) is 10.7. The number of hydrogen-bond acceptors (Lipinski definition) is 6. The Labute approximate surface area is 184 Å². The maximum atomic E-state index is 12.6. The highest BCUT2D eigenvalue weighted by Crippen LogP contribution is 2.30. The molecule has 0 spiro atoms. The van der Waals surface area contributed by atoms with E-state index in [0.717, 1.165) is 21.9 Å². The van der Waals surface area contributed by atoms with Crippen LogP contribution in [-0.2, 0) is 11.3 Å². The summed E-state index contributed by atoms with van der Waals surface area (Å²) in [5, 5.41) is 3.64. The van der Waals surface area contributed by atoms with Crippen LogP contribution < -0.4 is 14.8 Å². The predicted octanol–water partition coefficient (Wildman–Crippen LogP) is 4.23. The Morgan fingerprint density at radius 3 is 2.68 bits per heavy atom. The molecule has 158 valence electrons. The molecule has 0 fully saturated rings. The summed E-state index contributed by atoms with van der Waals surface area (Å²) in [4.78, 5) is 21.8. The summed E-state index contributed by atoms with van der Waals surface area (Å²) < 4.78 is 12.6. The minimum absolute atomic E-state index is 0.153. The first-order valence-electron chi connectivity index (χ1n) is 9.68. The number of carbonyl (C=O) groups is 1. The Bertz CT molecular complexity index is 1190. The number of thioether (sulfide) groups is 1. The van der Waals surface area contributed by atoms with E-state index >= 15 is 0 Å². The van der Waals surface area contributed by atoms with Crippen LogP contribution in [0, 0.1) is 0 Å². The lowest BCUT2D eigenvalue weighted by Crippen LogP contribution is -2.15. The van der Waals surface area contributed by atoms with Gasteiger partial charge in [0.25, 0.3) is 0 Å². The van der Waals surface area contributed by atoms with Crippen LogP contribution in [0.15, 0.2) is 72.0 Å². The molecule has 0 aliphatic carbocycles. The van der Waals surface area contributed by atoms with Crippen LogP contribution in [0.5, 0.6) is 11.5 Å². The number of imidazole rings is 1. The van der Waals surface area contributed by atoms with E-state index in [1.807, 2.05) is 34.9 Å². The average molecular weight is 435 g/mol. The molecular weight excluding hydrogens is 412 g/mol. The fourth-order valence-electron chi connectivity index (χ4n) is 3.17. The molecule has 2 aromatic carbocycles. The van der Waals surface area contributed by atoms with Crippen molar-refractivity contribution in [2.75, 3.05) is 25.3 Å². The molecule has 7 nitrogen and oxygen atoms in total. The number of aromatic nitrogens is 3. The summed E-state index contributed by atoms with van der Waals surface area (Å²) >= 11 is 1.37. The first-order chi connectivity index (χ1) is 15.2. The molecule has 2 heterocycles. The molecule has 0 radical (unpaired) electrons. The molecule has 0 bridgehead atoms. The van der Waals surface area contributed by atoms with Gasteiger partial charge in [0.1, 0.15) is 17.0 Å². The average Bonchev–Trinajstić information content (AvgIpc) is 3.16. The molecule has 8 heteroatoms.